The Morgan fingerprint density at radius 3 is 1.62 bits per heavy atom. The van der Waals surface area contributed by atoms with Gasteiger partial charge in [-0.3, -0.25) is 9.45 Å². The second-order valence-corrected chi connectivity index (χ2v) is 23.0. The minimum atomic E-state index is -5.07. The summed E-state index contributed by atoms with van der Waals surface area (Å²) in [4.78, 5) is 42.0. The molecule has 5 amide bonds. The van der Waals surface area contributed by atoms with Crippen LogP contribution in [0.15, 0.2) is 8.83 Å². The number of piperidine rings is 3. The van der Waals surface area contributed by atoms with E-state index in [1.165, 1.54) is 91.8 Å². The first kappa shape index (κ1) is 59.0. The van der Waals surface area contributed by atoms with Gasteiger partial charge in [0, 0.05) is 39.3 Å². The first-order valence-corrected chi connectivity index (χ1v) is 29.3. The molecule has 4 bridgehead atoms. The molecule has 74 heavy (non-hydrogen) atoms. The highest BCUT2D eigenvalue weighted by Gasteiger charge is 2.51. The maximum atomic E-state index is 12.7. The second kappa shape index (κ2) is 26.2. The number of aromatic nitrogens is 4. The predicted molar refractivity (Wildman–Crippen MR) is 264 cm³/mol. The van der Waals surface area contributed by atoms with Crippen molar-refractivity contribution >= 4 is 39.0 Å². The van der Waals surface area contributed by atoms with Crippen molar-refractivity contribution in [3.05, 3.63) is 23.6 Å². The maximum absolute atomic E-state index is 12.7. The Balaban J connectivity index is 0.000000190. The number of ether oxygens (including phenoxy) is 1. The summed E-state index contributed by atoms with van der Waals surface area (Å²) in [6.07, 6.45) is 14.8. The first-order valence-electron chi connectivity index (χ1n) is 26.6. The van der Waals surface area contributed by atoms with Crippen LogP contribution in [0.5, 0.6) is 0 Å². The number of unbranched alkanes of at least 4 members (excludes halogenated alkanes) is 4. The summed E-state index contributed by atoms with van der Waals surface area (Å²) in [5, 5.41) is 24.1. The molecule has 0 aromatic carbocycles. The van der Waals surface area contributed by atoms with Gasteiger partial charge in [-0.2, -0.15) is 22.8 Å². The number of rotatable bonds is 20. The smallest absolute Gasteiger partial charge is 0.418 e. The Hall–Kier alpha value is -4.29. The third-order valence-electron chi connectivity index (χ3n) is 14.2. The van der Waals surface area contributed by atoms with Crippen molar-refractivity contribution in [1.29, 1.82) is 0 Å². The number of hydroxylamine groups is 4. The van der Waals surface area contributed by atoms with Crippen molar-refractivity contribution in [2.45, 2.75) is 187 Å². The molecule has 8 heterocycles. The van der Waals surface area contributed by atoms with Crippen molar-refractivity contribution in [3.8, 4) is 0 Å². The number of hydrogen-bond donors (Lipinski definition) is 3. The van der Waals surface area contributed by atoms with Crippen molar-refractivity contribution in [2.24, 2.45) is 0 Å². The van der Waals surface area contributed by atoms with Gasteiger partial charge in [0.25, 0.3) is 0 Å². The van der Waals surface area contributed by atoms with Crippen molar-refractivity contribution < 1.29 is 66.9 Å². The standard InChI is InChI=1S/C18H27N5O8S.C16H36N.C12H18N6O6S/c1-18(2,3)30-17(25)21-9-5-4-6-12(21)14-19-20-15(29-14)13-8-7-11-10-22(13)16(24)23(11)31-32(26,27)28;1-5-9-13-17(14-10-6-2,15-11-7-3)16-12-8-4;19-12-17-6-7(18(12)24-25(20,21)22)1-2-9(17)11-16-15-10(23-11)8-5-13-3-4-14-8/h11-13H,4-10H2,1-3H3,(H,26,27,28);5-16H2,1-4H3;7-9,13-14H,1-6H2,(H,20,21,22)/q;+1;/p-1/t11-,12+,13+;;7-,8+,9+/m1.1/s1. The van der Waals surface area contributed by atoms with Gasteiger partial charge in [0.15, 0.2) is 0 Å². The van der Waals surface area contributed by atoms with Crippen molar-refractivity contribution in [1.82, 2.24) is 55.9 Å². The molecule has 2 aromatic heterocycles. The van der Waals surface area contributed by atoms with E-state index in [0.717, 1.165) is 25.9 Å². The van der Waals surface area contributed by atoms with Crippen LogP contribution in [0, 0.1) is 0 Å². The number of likely N-dealkylation sites (tertiary alicyclic amines) is 1. The van der Waals surface area contributed by atoms with Crippen molar-refractivity contribution in [3.63, 3.8) is 0 Å². The number of urea groups is 2. The lowest BCUT2D eigenvalue weighted by Crippen LogP contribution is -2.50. The lowest BCUT2D eigenvalue weighted by atomic mass is 10.0. The van der Waals surface area contributed by atoms with Crippen LogP contribution in [-0.2, 0) is 34.1 Å². The van der Waals surface area contributed by atoms with Crippen LogP contribution in [0.2, 0.25) is 0 Å². The first-order chi connectivity index (χ1) is 35.1. The molecule has 0 aliphatic carbocycles. The van der Waals surface area contributed by atoms with E-state index < -0.39 is 74.8 Å². The summed E-state index contributed by atoms with van der Waals surface area (Å²) in [6.45, 7) is 23.7. The topological polar surface area (TPSA) is 309 Å². The largest absolute Gasteiger partial charge is 0.724 e. The highest BCUT2D eigenvalue weighted by molar-refractivity contribution is 7.81. The molecule has 420 valence electrons. The fourth-order valence-electron chi connectivity index (χ4n) is 10.4. The van der Waals surface area contributed by atoms with E-state index in [2.05, 4.69) is 67.3 Å². The number of piperazine rings is 1. The molecule has 6 aliphatic heterocycles. The lowest BCUT2D eigenvalue weighted by molar-refractivity contribution is -0.929. The third kappa shape index (κ3) is 15.9. The molecule has 6 saturated heterocycles. The normalized spacial score (nSPS) is 24.4. The molecule has 0 unspecified atom stereocenters. The Bertz CT molecular complexity index is 2320. The highest BCUT2D eigenvalue weighted by Crippen LogP contribution is 2.41. The molecule has 0 saturated carbocycles. The maximum Gasteiger partial charge on any atom is 0.418 e. The number of amides is 5. The highest BCUT2D eigenvalue weighted by atomic mass is 32.3. The second-order valence-electron chi connectivity index (χ2n) is 21.0. The van der Waals surface area contributed by atoms with Crippen LogP contribution >= 0.6 is 0 Å². The van der Waals surface area contributed by atoms with E-state index in [1.807, 2.05) is 0 Å². The monoisotopic (exact) mass is 1090 g/mol. The number of carbonyl (C=O) groups excluding carboxylic acids is 3. The Labute approximate surface area is 435 Å². The van der Waals surface area contributed by atoms with Gasteiger partial charge in [0.1, 0.15) is 23.7 Å². The van der Waals surface area contributed by atoms with Gasteiger partial charge in [-0.05, 0) is 91.4 Å². The number of hydrogen-bond acceptors (Lipinski definition) is 19. The molecule has 6 atom stereocenters. The lowest BCUT2D eigenvalue weighted by Gasteiger charge is -2.39. The molecule has 6 aliphatic rings. The average Bonchev–Trinajstić information content (AvgIpc) is 4.15. The number of nitrogens with zero attached hydrogens (tertiary/aromatic N) is 10. The van der Waals surface area contributed by atoms with Gasteiger partial charge >= 0.3 is 28.6 Å². The number of nitrogens with one attached hydrogen (secondary N) is 2. The number of carbonyl (C=O) groups is 3. The average molecular weight is 1090 g/mol. The molecular formula is C46H80N12O14S2. The summed E-state index contributed by atoms with van der Waals surface area (Å²) in [5.41, 5.74) is -0.640. The third-order valence-corrected chi connectivity index (χ3v) is 14.9. The van der Waals surface area contributed by atoms with Gasteiger partial charge in [-0.25, -0.2) is 22.8 Å². The van der Waals surface area contributed by atoms with Crippen LogP contribution in [0.1, 0.15) is 193 Å². The summed E-state index contributed by atoms with van der Waals surface area (Å²) >= 11 is 0. The SMILES string of the molecule is CC(C)(C)OC(=O)N1CCCC[C@H]1c1nnc([C@@H]2CC[C@@H]3CN2C(=O)N3OS(=O)(=O)[O-])o1.CCCC[N+](CCCC)(CCCC)CCCC.O=C1N2C[C@@H](CC[C@H]2c2nnc([C@@H]3CNCCN3)o2)N1OS(=O)(=O)O. The predicted octanol–water partition coefficient (Wildman–Crippen LogP) is 5.85. The quantitative estimate of drug-likeness (QED) is 0.0796. The minimum absolute atomic E-state index is 0.0833. The van der Waals surface area contributed by atoms with E-state index >= 15 is 0 Å². The van der Waals surface area contributed by atoms with E-state index in [-0.39, 0.29) is 30.9 Å². The fraction of sp³-hybridized carbons (Fsp3) is 0.848. The van der Waals surface area contributed by atoms with Gasteiger partial charge < -0.3 is 43.0 Å². The Morgan fingerprint density at radius 2 is 1.18 bits per heavy atom. The zero-order valence-corrected chi connectivity index (χ0v) is 45.8. The van der Waals surface area contributed by atoms with Crippen LogP contribution < -0.4 is 10.6 Å². The van der Waals surface area contributed by atoms with Crippen LogP contribution in [0.3, 0.4) is 0 Å². The van der Waals surface area contributed by atoms with E-state index in [4.69, 9.17) is 18.1 Å². The molecule has 2 aromatic rings. The van der Waals surface area contributed by atoms with E-state index in [9.17, 15) is 35.8 Å². The fourth-order valence-corrected chi connectivity index (χ4v) is 11.2. The van der Waals surface area contributed by atoms with Crippen LogP contribution in [0.4, 0.5) is 14.4 Å². The van der Waals surface area contributed by atoms with E-state index in [0.29, 0.717) is 67.1 Å². The molecule has 6 fully saturated rings. The van der Waals surface area contributed by atoms with Gasteiger partial charge in [-0.1, -0.05) is 53.4 Å². The van der Waals surface area contributed by atoms with Gasteiger partial charge in [-0.15, -0.1) is 24.7 Å². The Morgan fingerprint density at radius 1 is 0.703 bits per heavy atom. The summed E-state index contributed by atoms with van der Waals surface area (Å²) < 4.78 is 90.8. The molecule has 8 rings (SSSR count). The summed E-state index contributed by atoms with van der Waals surface area (Å²) in [6, 6.07) is -3.94. The molecular weight excluding hydrogens is 1010 g/mol. The van der Waals surface area contributed by atoms with E-state index in [1.54, 1.807) is 25.7 Å². The molecule has 0 radical (unpaired) electrons. The molecule has 28 heteroatoms. The van der Waals surface area contributed by atoms with Crippen LogP contribution in [-0.4, -0.2) is 177 Å². The van der Waals surface area contributed by atoms with Gasteiger partial charge in [0.2, 0.25) is 34.0 Å². The Kier molecular flexibility index (Phi) is 20.9. The zero-order valence-electron chi connectivity index (χ0n) is 44.2. The summed E-state index contributed by atoms with van der Waals surface area (Å²) in [7, 11) is -9.83. The number of quaternary nitrogens is 1. The zero-order chi connectivity index (χ0) is 53.8. The minimum Gasteiger partial charge on any atom is -0.724 e. The summed E-state index contributed by atoms with van der Waals surface area (Å²) in [5.74, 6) is 1.20. The van der Waals surface area contributed by atoms with Gasteiger partial charge in [0.05, 0.1) is 44.3 Å². The van der Waals surface area contributed by atoms with Crippen molar-refractivity contribution in [2.75, 3.05) is 65.4 Å². The molecule has 0 spiro atoms. The molecule has 26 nitrogen and oxygen atoms in total. The van der Waals surface area contributed by atoms with Crippen LogP contribution in [0.25, 0.3) is 0 Å². The number of fused-ring (bicyclic) bond motifs is 4. The molecule has 3 N–H and O–H groups in total.